The second kappa shape index (κ2) is 23.2. The summed E-state index contributed by atoms with van der Waals surface area (Å²) in [5.41, 5.74) is 12.2. The molecule has 1 aliphatic carbocycles. The summed E-state index contributed by atoms with van der Waals surface area (Å²) in [5, 5.41) is 0. The Hall–Kier alpha value is -0.579. The van der Waals surface area contributed by atoms with Crippen molar-refractivity contribution in [2.24, 2.45) is 0 Å². The second-order valence-corrected chi connectivity index (χ2v) is 11.8. The van der Waals surface area contributed by atoms with Crippen LogP contribution in [-0.2, 0) is 28.2 Å². The summed E-state index contributed by atoms with van der Waals surface area (Å²) in [6.45, 7) is 6.65. The van der Waals surface area contributed by atoms with Crippen molar-refractivity contribution in [1.29, 1.82) is 0 Å². The predicted octanol–water partition coefficient (Wildman–Crippen LogP) is 9.44. The Morgan fingerprint density at radius 1 is 0.939 bits per heavy atom. The summed E-state index contributed by atoms with van der Waals surface area (Å²) >= 11 is -0.556. The zero-order valence-corrected chi connectivity index (χ0v) is 24.8. The first-order valence-electron chi connectivity index (χ1n) is 12.1. The van der Waals surface area contributed by atoms with Crippen LogP contribution in [0.4, 0.5) is 0 Å². The van der Waals surface area contributed by atoms with Gasteiger partial charge in [0.15, 0.2) is 0 Å². The average Bonchev–Trinajstić information content (AvgIpc) is 3.18. The molecule has 0 aliphatic heterocycles. The van der Waals surface area contributed by atoms with Gasteiger partial charge < -0.3 is 10.5 Å². The maximum Gasteiger partial charge on any atom is -0.0253 e. The van der Waals surface area contributed by atoms with Gasteiger partial charge >= 0.3 is 35.6 Å². The Labute approximate surface area is 221 Å². The Balaban J connectivity index is 0.000000502. The van der Waals surface area contributed by atoms with Crippen molar-refractivity contribution >= 4 is 34.0 Å². The SMILES string of the molecule is CCCCCCCCCCCC([NH-])=O.C[SiH]C.[Cl][Ti][Cl].[c-]1cccc2c1Cc1ccccc1-2. The molecule has 0 heterocycles. The van der Waals surface area contributed by atoms with Gasteiger partial charge in [-0.3, -0.25) is 0 Å². The number of hydrogen-bond donors (Lipinski definition) is 0. The number of nitrogens with one attached hydrogen (secondary N) is 1. The van der Waals surface area contributed by atoms with Crippen molar-refractivity contribution in [3.8, 4) is 11.1 Å². The van der Waals surface area contributed by atoms with E-state index in [4.69, 9.17) is 24.3 Å². The third kappa shape index (κ3) is 16.6. The smallest absolute Gasteiger partial charge is 0.0253 e. The molecule has 1 aliphatic rings. The molecular formula is C27H40Cl2NOSiTi-2. The van der Waals surface area contributed by atoms with Crippen LogP contribution in [0.2, 0.25) is 13.1 Å². The first-order valence-corrected chi connectivity index (χ1v) is 18.7. The largest absolute Gasteiger partial charge is 0.179 e. The van der Waals surface area contributed by atoms with Crippen molar-refractivity contribution in [1.82, 2.24) is 0 Å². The molecule has 1 N–H and O–H groups in total. The summed E-state index contributed by atoms with van der Waals surface area (Å²) in [5.74, 6) is -0.409. The van der Waals surface area contributed by atoms with Crippen LogP contribution in [0.5, 0.6) is 0 Å². The summed E-state index contributed by atoms with van der Waals surface area (Å²) in [7, 11) is 10.5. The fraction of sp³-hybridized carbons (Fsp3) is 0.519. The number of carbonyl (C=O) groups is 1. The first kappa shape index (κ1) is 32.4. The molecule has 0 atom stereocenters. The van der Waals surface area contributed by atoms with Crippen LogP contribution >= 0.6 is 18.6 Å². The van der Waals surface area contributed by atoms with Crippen LogP contribution in [0.15, 0.2) is 42.5 Å². The van der Waals surface area contributed by atoms with Gasteiger partial charge in [0, 0.05) is 15.4 Å². The van der Waals surface area contributed by atoms with Gasteiger partial charge in [-0.25, -0.2) is 0 Å². The second-order valence-electron chi connectivity index (χ2n) is 8.05. The zero-order valence-electron chi connectivity index (χ0n) is 20.6. The Morgan fingerprint density at radius 2 is 1.45 bits per heavy atom. The molecule has 0 unspecified atom stereocenters. The topological polar surface area (TPSA) is 40.9 Å². The molecule has 0 saturated carbocycles. The van der Waals surface area contributed by atoms with Crippen molar-refractivity contribution in [2.45, 2.75) is 90.6 Å². The summed E-state index contributed by atoms with van der Waals surface area (Å²) in [6.07, 6.45) is 12.8. The Kier molecular flexibility index (Phi) is 22.8. The van der Waals surface area contributed by atoms with Gasteiger partial charge in [0.25, 0.3) is 0 Å². The van der Waals surface area contributed by atoms with E-state index in [1.54, 1.807) is 0 Å². The van der Waals surface area contributed by atoms with E-state index in [-0.39, 0.29) is 0 Å². The van der Waals surface area contributed by atoms with Crippen LogP contribution in [0, 0.1) is 6.07 Å². The maximum absolute atomic E-state index is 10.3. The molecule has 33 heavy (non-hydrogen) atoms. The molecule has 0 saturated heterocycles. The van der Waals surface area contributed by atoms with E-state index in [9.17, 15) is 4.79 Å². The van der Waals surface area contributed by atoms with Crippen LogP contribution in [-0.4, -0.2) is 15.4 Å². The number of fused-ring (bicyclic) bond motifs is 3. The van der Waals surface area contributed by atoms with Crippen molar-refractivity contribution in [2.75, 3.05) is 0 Å². The van der Waals surface area contributed by atoms with E-state index in [1.165, 1.54) is 67.2 Å². The minimum absolute atomic E-state index is 0.409. The molecule has 1 amide bonds. The van der Waals surface area contributed by atoms with Crippen LogP contribution in [0.1, 0.15) is 82.3 Å². The fourth-order valence-corrected chi connectivity index (χ4v) is 3.59. The molecule has 6 heteroatoms. The average molecular weight is 541 g/mol. The molecule has 1 radical (unpaired) electrons. The molecule has 2 nitrogen and oxygen atoms in total. The van der Waals surface area contributed by atoms with Gasteiger partial charge in [-0.15, -0.1) is 5.56 Å². The molecular weight excluding hydrogens is 501 g/mol. The van der Waals surface area contributed by atoms with Crippen molar-refractivity contribution < 1.29 is 21.8 Å². The van der Waals surface area contributed by atoms with Gasteiger partial charge in [-0.1, -0.05) is 107 Å². The molecule has 0 aromatic heterocycles. The third-order valence-corrected chi connectivity index (χ3v) is 5.12. The van der Waals surface area contributed by atoms with Gasteiger partial charge in [0.05, 0.1) is 0 Å². The first-order chi connectivity index (χ1) is 16.0. The Morgan fingerprint density at radius 3 is 2.03 bits per heavy atom. The number of halogens is 2. The number of unbranched alkanes of at least 4 members (excludes halogenated alkanes) is 8. The molecule has 0 spiro atoms. The molecule has 3 rings (SSSR count). The quantitative estimate of drug-likeness (QED) is 0.143. The van der Waals surface area contributed by atoms with Gasteiger partial charge in [-0.2, -0.15) is 29.8 Å². The number of carbonyl (C=O) groups excluding carboxylic acids is 1. The monoisotopic (exact) mass is 540 g/mol. The van der Waals surface area contributed by atoms with E-state index in [1.807, 2.05) is 6.07 Å². The van der Waals surface area contributed by atoms with Gasteiger partial charge in [0.1, 0.15) is 0 Å². The van der Waals surface area contributed by atoms with Crippen LogP contribution < -0.4 is 0 Å². The number of hydrogen-bond acceptors (Lipinski definition) is 1. The van der Waals surface area contributed by atoms with E-state index >= 15 is 0 Å². The minimum atomic E-state index is -0.556. The van der Waals surface area contributed by atoms with E-state index < -0.39 is 22.9 Å². The molecule has 183 valence electrons. The number of amides is 1. The molecule has 2 aromatic carbocycles. The summed E-state index contributed by atoms with van der Waals surface area (Å²) in [4.78, 5) is 10.3. The van der Waals surface area contributed by atoms with E-state index in [2.05, 4.69) is 62.5 Å². The number of benzene rings is 2. The van der Waals surface area contributed by atoms with Crippen molar-refractivity contribution in [3.63, 3.8) is 0 Å². The molecule has 0 fully saturated rings. The van der Waals surface area contributed by atoms with Gasteiger partial charge in [-0.05, 0) is 19.3 Å². The normalized spacial score (nSPS) is 10.2. The minimum Gasteiger partial charge on any atom is -0.179 e. The fourth-order valence-electron chi connectivity index (χ4n) is 3.59. The predicted molar refractivity (Wildman–Crippen MR) is 145 cm³/mol. The number of rotatable bonds is 10. The van der Waals surface area contributed by atoms with Gasteiger partial charge in [0.2, 0.25) is 0 Å². The maximum atomic E-state index is 10.3. The van der Waals surface area contributed by atoms with Crippen LogP contribution in [0.25, 0.3) is 16.9 Å². The van der Waals surface area contributed by atoms with E-state index in [0.29, 0.717) is 6.42 Å². The molecule has 2 aromatic rings. The van der Waals surface area contributed by atoms with Crippen LogP contribution in [0.3, 0.4) is 0 Å². The van der Waals surface area contributed by atoms with Crippen molar-refractivity contribution in [3.05, 3.63) is 65.4 Å². The summed E-state index contributed by atoms with van der Waals surface area (Å²) < 4.78 is 0. The summed E-state index contributed by atoms with van der Waals surface area (Å²) in [6, 6.07) is 18.1. The van der Waals surface area contributed by atoms with E-state index in [0.717, 1.165) is 28.8 Å². The standard InChI is InChI=1S/C13H9.C12H25NO.C2H7Si.2ClH.Ti/c1-3-7-12-10(5-1)9-11-6-2-4-8-13(11)12;1-2-3-4-5-6-7-8-9-10-11-12(13)14;1-3-2;;;/h1-5,7-8H,9H2;2-11H2,1H3,(H2,13,14);3H,1-2H3;2*1H;/q-1;;;;;+2/p-3. The molecule has 0 bridgehead atoms. The zero-order chi connectivity index (χ0) is 24.7. The Bertz CT molecular complexity index is 700. The third-order valence-electron chi connectivity index (χ3n) is 5.12.